The average molecular weight is 272 g/mol. The molecule has 98 valence electrons. The zero-order chi connectivity index (χ0) is 13.2. The minimum absolute atomic E-state index is 0.000697. The highest BCUT2D eigenvalue weighted by Gasteiger charge is 2.13. The summed E-state index contributed by atoms with van der Waals surface area (Å²) in [5.41, 5.74) is 3.28. The molecule has 1 aromatic carbocycles. The Labute approximate surface area is 116 Å². The number of benzene rings is 1. The van der Waals surface area contributed by atoms with E-state index >= 15 is 0 Å². The first-order valence-corrected chi connectivity index (χ1v) is 7.20. The van der Waals surface area contributed by atoms with Crippen LogP contribution in [0, 0.1) is 6.92 Å². The second-order valence-corrected chi connectivity index (χ2v) is 6.15. The third kappa shape index (κ3) is 2.69. The van der Waals surface area contributed by atoms with Crippen LogP contribution in [-0.4, -0.2) is 5.91 Å². The van der Waals surface area contributed by atoms with Gasteiger partial charge in [-0.15, -0.1) is 11.3 Å². The summed E-state index contributed by atoms with van der Waals surface area (Å²) in [6.45, 7) is 4.45. The van der Waals surface area contributed by atoms with Gasteiger partial charge in [-0.1, -0.05) is 6.07 Å². The molecule has 3 nitrogen and oxygen atoms in total. The Hall–Kier alpha value is -1.65. The quantitative estimate of drug-likeness (QED) is 0.901. The number of aryl methyl sites for hydroxylation is 1. The van der Waals surface area contributed by atoms with Crippen molar-refractivity contribution < 1.29 is 4.79 Å². The fourth-order valence-electron chi connectivity index (χ4n) is 2.29. The van der Waals surface area contributed by atoms with E-state index in [9.17, 15) is 4.79 Å². The van der Waals surface area contributed by atoms with E-state index in [1.54, 1.807) is 11.3 Å². The van der Waals surface area contributed by atoms with Gasteiger partial charge in [0.05, 0.1) is 6.54 Å². The molecule has 0 saturated carbocycles. The van der Waals surface area contributed by atoms with Gasteiger partial charge in [0.1, 0.15) is 0 Å². The molecule has 0 saturated heterocycles. The Bertz CT molecular complexity index is 618. The molecule has 4 heteroatoms. The van der Waals surface area contributed by atoms with Crippen molar-refractivity contribution in [3.05, 3.63) is 56.8 Å². The van der Waals surface area contributed by atoms with E-state index in [1.165, 1.54) is 20.9 Å². The molecule has 0 fully saturated rings. The van der Waals surface area contributed by atoms with Gasteiger partial charge in [-0.3, -0.25) is 4.79 Å². The Kier molecular flexibility index (Phi) is 3.36. The summed E-state index contributed by atoms with van der Waals surface area (Å²) in [7, 11) is 0. The van der Waals surface area contributed by atoms with Crippen LogP contribution in [0.25, 0.3) is 0 Å². The van der Waals surface area contributed by atoms with Gasteiger partial charge >= 0.3 is 0 Å². The molecule has 0 bridgehead atoms. The molecule has 1 aliphatic heterocycles. The van der Waals surface area contributed by atoms with Gasteiger partial charge in [-0.2, -0.15) is 0 Å². The molecule has 1 amide bonds. The number of hydrogen-bond acceptors (Lipinski definition) is 3. The molecular formula is C15H16N2OS. The number of amides is 1. The first-order valence-electron chi connectivity index (χ1n) is 6.38. The predicted molar refractivity (Wildman–Crippen MR) is 77.2 cm³/mol. The zero-order valence-corrected chi connectivity index (χ0v) is 11.6. The van der Waals surface area contributed by atoms with Crippen molar-refractivity contribution in [3.63, 3.8) is 0 Å². The molecule has 3 rings (SSSR count). The number of fused-ring (bicyclic) bond motifs is 1. The van der Waals surface area contributed by atoms with Gasteiger partial charge in [0.15, 0.2) is 0 Å². The molecule has 0 radical (unpaired) electrons. The number of thiophene rings is 1. The minimum atomic E-state index is 0.000697. The Balaban J connectivity index is 1.67. The molecular weight excluding hydrogens is 256 g/mol. The second kappa shape index (κ2) is 5.15. The lowest BCUT2D eigenvalue weighted by Gasteiger charge is -2.05. The smallest absolute Gasteiger partial charge is 0.251 e. The van der Waals surface area contributed by atoms with Crippen LogP contribution in [0.3, 0.4) is 0 Å². The summed E-state index contributed by atoms with van der Waals surface area (Å²) < 4.78 is 0. The fraction of sp³-hybridized carbons (Fsp3) is 0.267. The van der Waals surface area contributed by atoms with E-state index in [2.05, 4.69) is 29.7 Å². The lowest BCUT2D eigenvalue weighted by molar-refractivity contribution is 0.0951. The lowest BCUT2D eigenvalue weighted by Crippen LogP contribution is -2.22. The lowest BCUT2D eigenvalue weighted by atomic mass is 10.1. The number of carbonyl (C=O) groups excluding carboxylic acids is 1. The highest BCUT2D eigenvalue weighted by molar-refractivity contribution is 7.11. The van der Waals surface area contributed by atoms with Gasteiger partial charge in [0, 0.05) is 28.4 Å². The van der Waals surface area contributed by atoms with Crippen molar-refractivity contribution in [3.8, 4) is 0 Å². The molecule has 1 aromatic heterocycles. The summed E-state index contributed by atoms with van der Waals surface area (Å²) in [6.07, 6.45) is 0. The van der Waals surface area contributed by atoms with Gasteiger partial charge in [0.2, 0.25) is 0 Å². The van der Waals surface area contributed by atoms with Crippen LogP contribution in [-0.2, 0) is 19.6 Å². The monoisotopic (exact) mass is 272 g/mol. The standard InChI is InChI=1S/C15H16N2OS/c1-10-2-5-14(19-10)9-17-15(18)11-3-4-12-7-16-8-13(12)6-11/h2-6,16H,7-9H2,1H3,(H,17,18). The maximum Gasteiger partial charge on any atom is 0.251 e. The SMILES string of the molecule is Cc1ccc(CNC(=O)c2ccc3c(c2)CNC3)s1. The number of hydrogen-bond donors (Lipinski definition) is 2. The van der Waals surface area contributed by atoms with Gasteiger partial charge in [-0.05, 0) is 42.3 Å². The van der Waals surface area contributed by atoms with Crippen molar-refractivity contribution in [1.82, 2.24) is 10.6 Å². The van der Waals surface area contributed by atoms with Crippen LogP contribution < -0.4 is 10.6 Å². The Morgan fingerprint density at radius 3 is 2.89 bits per heavy atom. The molecule has 0 aliphatic carbocycles. The zero-order valence-electron chi connectivity index (χ0n) is 10.8. The minimum Gasteiger partial charge on any atom is -0.347 e. The van der Waals surface area contributed by atoms with E-state index < -0.39 is 0 Å². The predicted octanol–water partition coefficient (Wildman–Crippen LogP) is 2.59. The van der Waals surface area contributed by atoms with Crippen molar-refractivity contribution in [2.75, 3.05) is 0 Å². The van der Waals surface area contributed by atoms with E-state index in [1.807, 2.05) is 18.2 Å². The first-order chi connectivity index (χ1) is 9.22. The first kappa shape index (κ1) is 12.4. The Morgan fingerprint density at radius 2 is 2.11 bits per heavy atom. The normalized spacial score (nSPS) is 13.3. The maximum absolute atomic E-state index is 12.1. The highest BCUT2D eigenvalue weighted by Crippen LogP contribution is 2.18. The number of rotatable bonds is 3. The molecule has 2 heterocycles. The fourth-order valence-corrected chi connectivity index (χ4v) is 3.12. The van der Waals surface area contributed by atoms with E-state index in [-0.39, 0.29) is 5.91 Å². The molecule has 0 spiro atoms. The number of carbonyl (C=O) groups is 1. The molecule has 19 heavy (non-hydrogen) atoms. The summed E-state index contributed by atoms with van der Waals surface area (Å²) in [4.78, 5) is 14.6. The summed E-state index contributed by atoms with van der Waals surface area (Å²) in [5.74, 6) is 0.000697. The van der Waals surface area contributed by atoms with Crippen LogP contribution in [0.5, 0.6) is 0 Å². The van der Waals surface area contributed by atoms with Crippen molar-refractivity contribution >= 4 is 17.2 Å². The van der Waals surface area contributed by atoms with E-state index in [4.69, 9.17) is 0 Å². The van der Waals surface area contributed by atoms with Gasteiger partial charge < -0.3 is 10.6 Å². The van der Waals surface area contributed by atoms with E-state index in [0.717, 1.165) is 18.7 Å². The topological polar surface area (TPSA) is 41.1 Å². The largest absolute Gasteiger partial charge is 0.347 e. The third-order valence-corrected chi connectivity index (χ3v) is 4.32. The van der Waals surface area contributed by atoms with Crippen LogP contribution in [0.1, 0.15) is 31.2 Å². The average Bonchev–Trinajstić information content (AvgIpc) is 3.03. The van der Waals surface area contributed by atoms with Crippen molar-refractivity contribution in [1.29, 1.82) is 0 Å². The van der Waals surface area contributed by atoms with E-state index in [0.29, 0.717) is 6.54 Å². The Morgan fingerprint density at radius 1 is 1.26 bits per heavy atom. The number of nitrogens with one attached hydrogen (secondary N) is 2. The molecule has 0 unspecified atom stereocenters. The molecule has 0 atom stereocenters. The molecule has 1 aliphatic rings. The van der Waals surface area contributed by atoms with Crippen LogP contribution in [0.15, 0.2) is 30.3 Å². The van der Waals surface area contributed by atoms with Crippen molar-refractivity contribution in [2.24, 2.45) is 0 Å². The van der Waals surface area contributed by atoms with Crippen LogP contribution in [0.2, 0.25) is 0 Å². The molecule has 2 aromatic rings. The molecule has 2 N–H and O–H groups in total. The van der Waals surface area contributed by atoms with Crippen LogP contribution >= 0.6 is 11.3 Å². The second-order valence-electron chi connectivity index (χ2n) is 4.78. The highest BCUT2D eigenvalue weighted by atomic mass is 32.1. The summed E-state index contributed by atoms with van der Waals surface area (Å²) >= 11 is 1.72. The van der Waals surface area contributed by atoms with Crippen LogP contribution in [0.4, 0.5) is 0 Å². The summed E-state index contributed by atoms with van der Waals surface area (Å²) in [5, 5.41) is 6.26. The maximum atomic E-state index is 12.1. The van der Waals surface area contributed by atoms with Gasteiger partial charge in [-0.25, -0.2) is 0 Å². The summed E-state index contributed by atoms with van der Waals surface area (Å²) in [6, 6.07) is 10.1. The van der Waals surface area contributed by atoms with Crippen molar-refractivity contribution in [2.45, 2.75) is 26.6 Å². The third-order valence-electron chi connectivity index (χ3n) is 3.32. The van der Waals surface area contributed by atoms with Gasteiger partial charge in [0.25, 0.3) is 5.91 Å².